The van der Waals surface area contributed by atoms with Crippen LogP contribution in [0.25, 0.3) is 28.4 Å². The van der Waals surface area contributed by atoms with Crippen molar-refractivity contribution in [3.63, 3.8) is 0 Å². The predicted molar refractivity (Wildman–Crippen MR) is 77.9 cm³/mol. The van der Waals surface area contributed by atoms with Gasteiger partial charge in [-0.25, -0.2) is 14.6 Å². The summed E-state index contributed by atoms with van der Waals surface area (Å²) >= 11 is 0. The summed E-state index contributed by atoms with van der Waals surface area (Å²) in [4.78, 5) is 12.0. The number of nitrogens with one attached hydrogen (secondary N) is 1. The molecule has 7 nitrogen and oxygen atoms in total. The SMILES string of the molecule is Cc1cnc(-c2nccn2-c2cccc3c2nnn3C)[nH]1. The van der Waals surface area contributed by atoms with Crippen LogP contribution >= 0.6 is 0 Å². The van der Waals surface area contributed by atoms with E-state index in [4.69, 9.17) is 0 Å². The van der Waals surface area contributed by atoms with Crippen molar-refractivity contribution < 1.29 is 0 Å². The van der Waals surface area contributed by atoms with E-state index in [1.54, 1.807) is 17.1 Å². The second-order valence-corrected chi connectivity index (χ2v) is 4.89. The number of rotatable bonds is 2. The number of imidazole rings is 2. The third-order valence-electron chi connectivity index (χ3n) is 3.44. The molecule has 4 aromatic rings. The summed E-state index contributed by atoms with van der Waals surface area (Å²) in [7, 11) is 1.88. The van der Waals surface area contributed by atoms with E-state index in [1.165, 1.54) is 0 Å². The van der Waals surface area contributed by atoms with E-state index in [9.17, 15) is 0 Å². The molecular weight excluding hydrogens is 266 g/mol. The van der Waals surface area contributed by atoms with Crippen LogP contribution in [0, 0.1) is 6.92 Å². The van der Waals surface area contributed by atoms with Gasteiger partial charge in [-0.05, 0) is 19.1 Å². The number of H-pyrrole nitrogens is 1. The van der Waals surface area contributed by atoms with Crippen LogP contribution in [0.1, 0.15) is 5.69 Å². The fraction of sp³-hybridized carbons (Fsp3) is 0.143. The van der Waals surface area contributed by atoms with E-state index in [-0.39, 0.29) is 0 Å². The van der Waals surface area contributed by atoms with Crippen LogP contribution in [0.3, 0.4) is 0 Å². The Morgan fingerprint density at radius 2 is 2.10 bits per heavy atom. The Labute approximate surface area is 120 Å². The molecule has 0 aliphatic rings. The number of aromatic amines is 1. The van der Waals surface area contributed by atoms with Crippen LogP contribution in [0.15, 0.2) is 36.8 Å². The van der Waals surface area contributed by atoms with E-state index in [0.29, 0.717) is 0 Å². The molecular formula is C14H13N7. The molecule has 3 aromatic heterocycles. The Kier molecular flexibility index (Phi) is 2.41. The van der Waals surface area contributed by atoms with Gasteiger partial charge in [0.1, 0.15) is 5.52 Å². The van der Waals surface area contributed by atoms with E-state index < -0.39 is 0 Å². The number of aryl methyl sites for hydroxylation is 2. The lowest BCUT2D eigenvalue weighted by atomic mass is 10.2. The summed E-state index contributed by atoms with van der Waals surface area (Å²) < 4.78 is 3.72. The fourth-order valence-corrected chi connectivity index (χ4v) is 2.44. The molecule has 1 aromatic carbocycles. The Morgan fingerprint density at radius 1 is 1.19 bits per heavy atom. The normalized spacial score (nSPS) is 11.3. The highest BCUT2D eigenvalue weighted by molar-refractivity contribution is 5.84. The molecule has 0 aliphatic heterocycles. The Hall–Kier alpha value is -2.96. The predicted octanol–water partition coefficient (Wildman–Crippen LogP) is 1.85. The van der Waals surface area contributed by atoms with Gasteiger partial charge in [0.05, 0.1) is 11.2 Å². The van der Waals surface area contributed by atoms with Gasteiger partial charge in [0.2, 0.25) is 0 Å². The van der Waals surface area contributed by atoms with Gasteiger partial charge in [-0.1, -0.05) is 11.3 Å². The molecule has 0 spiro atoms. The highest BCUT2D eigenvalue weighted by atomic mass is 15.4. The number of hydrogen-bond acceptors (Lipinski definition) is 4. The van der Waals surface area contributed by atoms with Crippen LogP contribution in [-0.4, -0.2) is 34.5 Å². The highest BCUT2D eigenvalue weighted by Gasteiger charge is 2.14. The molecule has 104 valence electrons. The lowest BCUT2D eigenvalue weighted by molar-refractivity contribution is 0.736. The summed E-state index contributed by atoms with van der Waals surface area (Å²) in [6, 6.07) is 5.97. The first kappa shape index (κ1) is 11.8. The maximum absolute atomic E-state index is 4.40. The zero-order chi connectivity index (χ0) is 14.4. The summed E-state index contributed by atoms with van der Waals surface area (Å²) in [5.41, 5.74) is 3.74. The van der Waals surface area contributed by atoms with Gasteiger partial charge in [-0.15, -0.1) is 5.10 Å². The van der Waals surface area contributed by atoms with Gasteiger partial charge in [-0.3, -0.25) is 4.57 Å². The first-order chi connectivity index (χ1) is 10.2. The summed E-state index contributed by atoms with van der Waals surface area (Å²) in [6.07, 6.45) is 5.44. The second kappa shape index (κ2) is 4.27. The monoisotopic (exact) mass is 279 g/mol. The van der Waals surface area contributed by atoms with Crippen molar-refractivity contribution in [2.45, 2.75) is 6.92 Å². The molecule has 0 fully saturated rings. The highest BCUT2D eigenvalue weighted by Crippen LogP contribution is 2.24. The van der Waals surface area contributed by atoms with Gasteiger partial charge < -0.3 is 4.98 Å². The van der Waals surface area contributed by atoms with Crippen LogP contribution in [0.4, 0.5) is 0 Å². The van der Waals surface area contributed by atoms with E-state index in [0.717, 1.165) is 34.1 Å². The topological polar surface area (TPSA) is 77.2 Å². The lowest BCUT2D eigenvalue weighted by Crippen LogP contribution is -1.99. The minimum Gasteiger partial charge on any atom is -0.340 e. The Bertz CT molecular complexity index is 928. The first-order valence-electron chi connectivity index (χ1n) is 6.58. The number of nitrogens with zero attached hydrogens (tertiary/aromatic N) is 6. The number of hydrogen-bond donors (Lipinski definition) is 1. The molecule has 3 heterocycles. The van der Waals surface area contributed by atoms with E-state index in [2.05, 4.69) is 25.3 Å². The molecule has 0 unspecified atom stereocenters. The average Bonchev–Trinajstić information content (AvgIpc) is 3.19. The largest absolute Gasteiger partial charge is 0.340 e. The molecule has 7 heteroatoms. The van der Waals surface area contributed by atoms with Gasteiger partial charge >= 0.3 is 0 Å². The van der Waals surface area contributed by atoms with Crippen molar-refractivity contribution in [3.05, 3.63) is 42.5 Å². The van der Waals surface area contributed by atoms with E-state index >= 15 is 0 Å². The summed E-state index contributed by atoms with van der Waals surface area (Å²) in [6.45, 7) is 1.97. The molecule has 0 saturated heterocycles. The van der Waals surface area contributed by atoms with Gasteiger partial charge in [0.15, 0.2) is 11.6 Å². The molecule has 0 aliphatic carbocycles. The minimum atomic E-state index is 0.735. The zero-order valence-corrected chi connectivity index (χ0v) is 11.6. The standard InChI is InChI=1S/C14H13N7/c1-9-8-16-13(17-9)14-15-6-7-21(14)11-5-3-4-10-12(11)18-19-20(10)2/h3-8H,1-2H3,(H,16,17). The molecule has 0 saturated carbocycles. The first-order valence-corrected chi connectivity index (χ1v) is 6.58. The maximum Gasteiger partial charge on any atom is 0.180 e. The molecule has 21 heavy (non-hydrogen) atoms. The zero-order valence-electron chi connectivity index (χ0n) is 11.6. The van der Waals surface area contributed by atoms with Gasteiger partial charge in [0.25, 0.3) is 0 Å². The number of aromatic nitrogens is 7. The van der Waals surface area contributed by atoms with E-state index in [1.807, 2.05) is 42.9 Å². The molecule has 0 atom stereocenters. The summed E-state index contributed by atoms with van der Waals surface area (Å²) in [5, 5.41) is 8.33. The van der Waals surface area contributed by atoms with Crippen molar-refractivity contribution in [1.29, 1.82) is 0 Å². The van der Waals surface area contributed by atoms with Crippen LogP contribution < -0.4 is 0 Å². The second-order valence-electron chi connectivity index (χ2n) is 4.89. The molecule has 4 rings (SSSR count). The van der Waals surface area contributed by atoms with Crippen molar-refractivity contribution in [2.24, 2.45) is 7.05 Å². The van der Waals surface area contributed by atoms with Gasteiger partial charge in [-0.2, -0.15) is 0 Å². The Morgan fingerprint density at radius 3 is 2.90 bits per heavy atom. The van der Waals surface area contributed by atoms with Crippen molar-refractivity contribution in [1.82, 2.24) is 34.5 Å². The minimum absolute atomic E-state index is 0.735. The third-order valence-corrected chi connectivity index (χ3v) is 3.44. The molecule has 1 N–H and O–H groups in total. The van der Waals surface area contributed by atoms with Crippen LogP contribution in [0.2, 0.25) is 0 Å². The number of benzene rings is 1. The molecule has 0 amide bonds. The lowest BCUT2D eigenvalue weighted by Gasteiger charge is -2.06. The maximum atomic E-state index is 4.40. The van der Waals surface area contributed by atoms with Crippen LogP contribution in [-0.2, 0) is 7.05 Å². The smallest absolute Gasteiger partial charge is 0.180 e. The quantitative estimate of drug-likeness (QED) is 0.607. The van der Waals surface area contributed by atoms with Gasteiger partial charge in [0, 0.05) is 31.3 Å². The summed E-state index contributed by atoms with van der Waals surface area (Å²) in [5.74, 6) is 1.49. The molecule has 0 radical (unpaired) electrons. The van der Waals surface area contributed by atoms with Crippen molar-refractivity contribution in [2.75, 3.05) is 0 Å². The Balaban J connectivity index is 1.96. The molecule has 0 bridgehead atoms. The fourth-order valence-electron chi connectivity index (χ4n) is 2.44. The van der Waals surface area contributed by atoms with Crippen LogP contribution in [0.5, 0.6) is 0 Å². The van der Waals surface area contributed by atoms with Crippen molar-refractivity contribution in [3.8, 4) is 17.3 Å². The van der Waals surface area contributed by atoms with Crippen molar-refractivity contribution >= 4 is 11.0 Å². The number of fused-ring (bicyclic) bond motifs is 1. The average molecular weight is 279 g/mol. The third kappa shape index (κ3) is 1.74.